The van der Waals surface area contributed by atoms with E-state index in [1.807, 2.05) is 30.3 Å². The molecule has 0 saturated carbocycles. The number of nitrogens with one attached hydrogen (secondary N) is 1. The van der Waals surface area contributed by atoms with Gasteiger partial charge in [0.15, 0.2) is 0 Å². The third-order valence-electron chi connectivity index (χ3n) is 2.80. The molecule has 3 N–H and O–H groups in total. The molecule has 1 heterocycles. The van der Waals surface area contributed by atoms with Gasteiger partial charge >= 0.3 is 0 Å². The van der Waals surface area contributed by atoms with Crippen molar-refractivity contribution >= 4 is 11.6 Å². The first-order chi connectivity index (χ1) is 9.68. The summed E-state index contributed by atoms with van der Waals surface area (Å²) in [7, 11) is 1.68. The van der Waals surface area contributed by atoms with Crippen LogP contribution in [-0.4, -0.2) is 28.8 Å². The van der Waals surface area contributed by atoms with Crippen molar-refractivity contribution in [3.8, 4) is 5.75 Å². The van der Waals surface area contributed by atoms with E-state index >= 15 is 0 Å². The molecule has 0 aliphatic heterocycles. The van der Waals surface area contributed by atoms with Gasteiger partial charge in [-0.3, -0.25) is 9.48 Å². The quantitative estimate of drug-likeness (QED) is 0.775. The topological polar surface area (TPSA) is 82.2 Å². The van der Waals surface area contributed by atoms with Gasteiger partial charge in [0.05, 0.1) is 18.5 Å². The van der Waals surface area contributed by atoms with E-state index in [-0.39, 0.29) is 5.91 Å². The van der Waals surface area contributed by atoms with Crippen molar-refractivity contribution in [1.29, 1.82) is 0 Å². The van der Waals surface area contributed by atoms with Crippen molar-refractivity contribution in [2.75, 3.05) is 18.9 Å². The number of amides is 1. The number of carbonyl (C=O) groups excluding carboxylic acids is 1. The number of hydrogen-bond donors (Lipinski definition) is 2. The van der Waals surface area contributed by atoms with Gasteiger partial charge in [-0.25, -0.2) is 0 Å². The summed E-state index contributed by atoms with van der Waals surface area (Å²) in [6.45, 7) is 1.07. The maximum absolute atomic E-state index is 11.9. The summed E-state index contributed by atoms with van der Waals surface area (Å²) in [5.41, 5.74) is 6.44. The average molecular weight is 274 g/mol. The molecule has 0 radical (unpaired) electrons. The summed E-state index contributed by atoms with van der Waals surface area (Å²) in [5, 5.41) is 6.72. The van der Waals surface area contributed by atoms with Gasteiger partial charge in [0.25, 0.3) is 5.91 Å². The zero-order valence-corrected chi connectivity index (χ0v) is 11.4. The van der Waals surface area contributed by atoms with Crippen molar-refractivity contribution in [3.63, 3.8) is 0 Å². The van der Waals surface area contributed by atoms with Crippen LogP contribution in [0.3, 0.4) is 0 Å². The molecule has 0 atom stereocenters. The first-order valence-electron chi connectivity index (χ1n) is 6.42. The predicted molar refractivity (Wildman–Crippen MR) is 76.5 cm³/mol. The number of aryl methyl sites for hydroxylation is 1. The molecule has 6 nitrogen and oxygen atoms in total. The highest BCUT2D eigenvalue weighted by Gasteiger charge is 2.13. The Morgan fingerprint density at radius 2 is 2.15 bits per heavy atom. The number of ether oxygens (including phenoxy) is 1. The molecule has 0 aliphatic rings. The van der Waals surface area contributed by atoms with Crippen molar-refractivity contribution in [2.24, 2.45) is 7.05 Å². The first-order valence-corrected chi connectivity index (χ1v) is 6.42. The van der Waals surface area contributed by atoms with E-state index < -0.39 is 0 Å². The van der Waals surface area contributed by atoms with Crippen molar-refractivity contribution in [3.05, 3.63) is 42.2 Å². The number of nitrogens with zero attached hydrogens (tertiary/aromatic N) is 2. The van der Waals surface area contributed by atoms with Gasteiger partial charge in [0.1, 0.15) is 11.4 Å². The van der Waals surface area contributed by atoms with E-state index in [2.05, 4.69) is 10.4 Å². The van der Waals surface area contributed by atoms with Crippen molar-refractivity contribution < 1.29 is 9.53 Å². The van der Waals surface area contributed by atoms with Gasteiger partial charge in [0.2, 0.25) is 0 Å². The van der Waals surface area contributed by atoms with Crippen LogP contribution in [0.25, 0.3) is 0 Å². The number of nitrogens with two attached hydrogens (primary N) is 1. The van der Waals surface area contributed by atoms with Crippen LogP contribution in [0, 0.1) is 0 Å². The maximum Gasteiger partial charge on any atom is 0.271 e. The summed E-state index contributed by atoms with van der Waals surface area (Å²) in [6.07, 6.45) is 2.19. The normalized spacial score (nSPS) is 10.2. The summed E-state index contributed by atoms with van der Waals surface area (Å²) in [4.78, 5) is 11.9. The molecule has 20 heavy (non-hydrogen) atoms. The Morgan fingerprint density at radius 1 is 1.40 bits per heavy atom. The molecule has 0 fully saturated rings. The zero-order valence-electron chi connectivity index (χ0n) is 11.4. The molecule has 1 aromatic carbocycles. The molecule has 2 rings (SSSR count). The molecule has 1 amide bonds. The van der Waals surface area contributed by atoms with Gasteiger partial charge in [0, 0.05) is 13.6 Å². The van der Waals surface area contributed by atoms with Crippen LogP contribution in [-0.2, 0) is 7.05 Å². The molecule has 0 unspecified atom stereocenters. The number of hydrogen-bond acceptors (Lipinski definition) is 4. The van der Waals surface area contributed by atoms with Gasteiger partial charge < -0.3 is 15.8 Å². The second kappa shape index (κ2) is 6.60. The fourth-order valence-corrected chi connectivity index (χ4v) is 1.80. The molecule has 6 heteroatoms. The fourth-order valence-electron chi connectivity index (χ4n) is 1.80. The highest BCUT2D eigenvalue weighted by molar-refractivity contribution is 5.97. The minimum absolute atomic E-state index is 0.220. The van der Waals surface area contributed by atoms with Gasteiger partial charge in [-0.05, 0) is 18.6 Å². The van der Waals surface area contributed by atoms with E-state index in [4.69, 9.17) is 10.5 Å². The van der Waals surface area contributed by atoms with Crippen LogP contribution in [0.2, 0.25) is 0 Å². The van der Waals surface area contributed by atoms with Crippen molar-refractivity contribution in [2.45, 2.75) is 6.42 Å². The summed E-state index contributed by atoms with van der Waals surface area (Å²) >= 11 is 0. The first kappa shape index (κ1) is 13.9. The fraction of sp³-hybridized carbons (Fsp3) is 0.286. The molecule has 0 spiro atoms. The number of para-hydroxylation sites is 1. The number of nitrogen functional groups attached to an aromatic ring is 1. The third-order valence-corrected chi connectivity index (χ3v) is 2.80. The SMILES string of the molecule is Cn1ncc(N)c1C(=O)NCCCOc1ccccc1. The molecule has 106 valence electrons. The Balaban J connectivity index is 1.70. The molecule has 0 saturated heterocycles. The van der Waals surface area contributed by atoms with Crippen LogP contribution in [0.1, 0.15) is 16.9 Å². The Hall–Kier alpha value is -2.50. The Bertz CT molecular complexity index is 546. The van der Waals surface area contributed by atoms with Crippen LogP contribution < -0.4 is 15.8 Å². The number of anilines is 1. The van der Waals surface area contributed by atoms with Crippen molar-refractivity contribution in [1.82, 2.24) is 15.1 Å². The lowest BCUT2D eigenvalue weighted by Gasteiger charge is -2.08. The lowest BCUT2D eigenvalue weighted by atomic mass is 10.3. The lowest BCUT2D eigenvalue weighted by molar-refractivity contribution is 0.0943. The van der Waals surface area contributed by atoms with Crippen LogP contribution in [0.4, 0.5) is 5.69 Å². The average Bonchev–Trinajstić information content (AvgIpc) is 2.79. The number of benzene rings is 1. The molecule has 2 aromatic rings. The van der Waals surface area contributed by atoms with E-state index in [1.165, 1.54) is 10.9 Å². The largest absolute Gasteiger partial charge is 0.494 e. The second-order valence-electron chi connectivity index (χ2n) is 4.34. The summed E-state index contributed by atoms with van der Waals surface area (Å²) < 4.78 is 7.00. The maximum atomic E-state index is 11.9. The second-order valence-corrected chi connectivity index (χ2v) is 4.34. The van der Waals surface area contributed by atoms with E-state index in [9.17, 15) is 4.79 Å². The molecule has 0 aliphatic carbocycles. The highest BCUT2D eigenvalue weighted by atomic mass is 16.5. The monoisotopic (exact) mass is 274 g/mol. The Morgan fingerprint density at radius 3 is 2.80 bits per heavy atom. The van der Waals surface area contributed by atoms with E-state index in [0.29, 0.717) is 24.5 Å². The van der Waals surface area contributed by atoms with Gasteiger partial charge in [-0.15, -0.1) is 0 Å². The van der Waals surface area contributed by atoms with Gasteiger partial charge in [-0.2, -0.15) is 5.10 Å². The summed E-state index contributed by atoms with van der Waals surface area (Å²) in [5.74, 6) is 0.608. The predicted octanol–water partition coefficient (Wildman–Crippen LogP) is 1.20. The zero-order chi connectivity index (χ0) is 14.4. The van der Waals surface area contributed by atoms with Crippen LogP contribution in [0.15, 0.2) is 36.5 Å². The number of aromatic nitrogens is 2. The molecular formula is C14H18N4O2. The van der Waals surface area contributed by atoms with Crippen LogP contribution in [0.5, 0.6) is 5.75 Å². The Labute approximate surface area is 117 Å². The lowest BCUT2D eigenvalue weighted by Crippen LogP contribution is -2.28. The number of carbonyl (C=O) groups is 1. The standard InChI is InChI=1S/C14H18N4O2/c1-18-13(12(15)10-17-18)14(19)16-8-5-9-20-11-6-3-2-4-7-11/h2-4,6-7,10H,5,8-9,15H2,1H3,(H,16,19). The minimum Gasteiger partial charge on any atom is -0.494 e. The molecular weight excluding hydrogens is 256 g/mol. The smallest absolute Gasteiger partial charge is 0.271 e. The summed E-state index contributed by atoms with van der Waals surface area (Å²) in [6, 6.07) is 9.57. The van der Waals surface area contributed by atoms with E-state index in [0.717, 1.165) is 12.2 Å². The molecule has 1 aromatic heterocycles. The third kappa shape index (κ3) is 3.50. The minimum atomic E-state index is -0.220. The van der Waals surface area contributed by atoms with Crippen LogP contribution >= 0.6 is 0 Å². The highest BCUT2D eigenvalue weighted by Crippen LogP contribution is 2.09. The number of rotatable bonds is 6. The Kier molecular flexibility index (Phi) is 4.60. The molecule has 0 bridgehead atoms. The van der Waals surface area contributed by atoms with E-state index in [1.54, 1.807) is 7.05 Å². The van der Waals surface area contributed by atoms with Gasteiger partial charge in [-0.1, -0.05) is 18.2 Å².